The second-order valence-electron chi connectivity index (χ2n) is 3.76. The fraction of sp³-hybridized carbons (Fsp3) is 0.154. The van der Waals surface area contributed by atoms with E-state index in [2.05, 4.69) is 0 Å². The minimum atomic E-state index is -0.237. The number of hydrogen-bond donors (Lipinski definition) is 1. The van der Waals surface area contributed by atoms with Crippen LogP contribution >= 0.6 is 11.6 Å². The highest BCUT2D eigenvalue weighted by atomic mass is 35.5. The molecule has 5 heteroatoms. The third-order valence-electron chi connectivity index (χ3n) is 2.43. The van der Waals surface area contributed by atoms with Gasteiger partial charge in [-0.1, -0.05) is 11.6 Å². The summed E-state index contributed by atoms with van der Waals surface area (Å²) >= 11 is 5.87. The molecule has 0 fully saturated rings. The number of rotatable bonds is 4. The number of carbonyl (C=O) groups is 1. The molecule has 0 unspecified atom stereocenters. The number of methoxy groups -OCH3 is 1. The second kappa shape index (κ2) is 5.25. The summed E-state index contributed by atoms with van der Waals surface area (Å²) in [5.41, 5.74) is 6.46. The quantitative estimate of drug-likeness (QED) is 0.682. The fourth-order valence-electron chi connectivity index (χ4n) is 1.53. The van der Waals surface area contributed by atoms with Crippen molar-refractivity contribution >= 4 is 23.1 Å². The van der Waals surface area contributed by atoms with E-state index in [9.17, 15) is 4.79 Å². The molecule has 0 aliphatic heterocycles. The van der Waals surface area contributed by atoms with Gasteiger partial charge < -0.3 is 14.9 Å². The smallest absolute Gasteiger partial charge is 0.228 e. The molecule has 94 valence electrons. The van der Waals surface area contributed by atoms with Gasteiger partial charge in [0.05, 0.1) is 10.7 Å². The molecule has 4 nitrogen and oxygen atoms in total. The molecule has 0 atom stereocenters. The number of ketones is 1. The Kier molecular flexibility index (Phi) is 3.69. The van der Waals surface area contributed by atoms with E-state index < -0.39 is 0 Å². The lowest BCUT2D eigenvalue weighted by Crippen LogP contribution is -2.00. The molecule has 0 saturated heterocycles. The van der Waals surface area contributed by atoms with Crippen LogP contribution in [0.1, 0.15) is 21.9 Å². The predicted octanol–water partition coefficient (Wildman–Crippen LogP) is 2.89. The Morgan fingerprint density at radius 3 is 2.83 bits per heavy atom. The SMILES string of the molecule is COCc1ccc(C(=O)c2ccc(N)c(Cl)c2)o1. The summed E-state index contributed by atoms with van der Waals surface area (Å²) in [4.78, 5) is 12.1. The highest BCUT2D eigenvalue weighted by Gasteiger charge is 2.14. The van der Waals surface area contributed by atoms with Gasteiger partial charge in [-0.2, -0.15) is 0 Å². The molecule has 0 aliphatic rings. The molecule has 0 bridgehead atoms. The molecule has 18 heavy (non-hydrogen) atoms. The lowest BCUT2D eigenvalue weighted by molar-refractivity contribution is 0.1000. The van der Waals surface area contributed by atoms with E-state index >= 15 is 0 Å². The van der Waals surface area contributed by atoms with Gasteiger partial charge in [0.25, 0.3) is 0 Å². The van der Waals surface area contributed by atoms with E-state index in [-0.39, 0.29) is 11.5 Å². The Morgan fingerprint density at radius 2 is 2.17 bits per heavy atom. The maximum absolute atomic E-state index is 12.1. The van der Waals surface area contributed by atoms with Crippen molar-refractivity contribution in [3.63, 3.8) is 0 Å². The van der Waals surface area contributed by atoms with Crippen molar-refractivity contribution in [2.24, 2.45) is 0 Å². The van der Waals surface area contributed by atoms with Crippen LogP contribution in [0.5, 0.6) is 0 Å². The van der Waals surface area contributed by atoms with Crippen LogP contribution in [0.25, 0.3) is 0 Å². The molecule has 1 heterocycles. The van der Waals surface area contributed by atoms with Gasteiger partial charge >= 0.3 is 0 Å². The molecule has 0 spiro atoms. The Morgan fingerprint density at radius 1 is 1.39 bits per heavy atom. The first-order chi connectivity index (χ1) is 8.61. The Labute approximate surface area is 109 Å². The van der Waals surface area contributed by atoms with Gasteiger partial charge in [-0.25, -0.2) is 0 Å². The van der Waals surface area contributed by atoms with E-state index in [4.69, 9.17) is 26.5 Å². The molecule has 1 aromatic heterocycles. The van der Waals surface area contributed by atoms with Gasteiger partial charge in [-0.05, 0) is 30.3 Å². The highest BCUT2D eigenvalue weighted by Crippen LogP contribution is 2.22. The summed E-state index contributed by atoms with van der Waals surface area (Å²) in [6.07, 6.45) is 0. The van der Waals surface area contributed by atoms with Gasteiger partial charge in [0.2, 0.25) is 5.78 Å². The number of halogens is 1. The van der Waals surface area contributed by atoms with Crippen molar-refractivity contribution in [1.29, 1.82) is 0 Å². The first-order valence-electron chi connectivity index (χ1n) is 5.29. The molecular formula is C13H12ClNO3. The summed E-state index contributed by atoms with van der Waals surface area (Å²) in [7, 11) is 1.56. The highest BCUT2D eigenvalue weighted by molar-refractivity contribution is 6.33. The zero-order chi connectivity index (χ0) is 13.1. The summed E-state index contributed by atoms with van der Waals surface area (Å²) < 4.78 is 10.3. The van der Waals surface area contributed by atoms with Crippen LogP contribution in [-0.2, 0) is 11.3 Å². The zero-order valence-corrected chi connectivity index (χ0v) is 10.5. The monoisotopic (exact) mass is 265 g/mol. The molecule has 2 rings (SSSR count). The van der Waals surface area contributed by atoms with Crippen LogP contribution in [-0.4, -0.2) is 12.9 Å². The zero-order valence-electron chi connectivity index (χ0n) is 9.77. The number of hydrogen-bond acceptors (Lipinski definition) is 4. The van der Waals surface area contributed by atoms with Crippen molar-refractivity contribution in [3.8, 4) is 0 Å². The third-order valence-corrected chi connectivity index (χ3v) is 2.76. The number of nitrogen functional groups attached to an aromatic ring is 1. The number of carbonyl (C=O) groups excluding carboxylic acids is 1. The van der Waals surface area contributed by atoms with E-state index in [1.807, 2.05) is 0 Å². The number of benzene rings is 1. The van der Waals surface area contributed by atoms with Gasteiger partial charge in [-0.3, -0.25) is 4.79 Å². The first-order valence-corrected chi connectivity index (χ1v) is 5.67. The number of ether oxygens (including phenoxy) is 1. The minimum absolute atomic E-state index is 0.237. The fourth-order valence-corrected chi connectivity index (χ4v) is 1.71. The van der Waals surface area contributed by atoms with Crippen molar-refractivity contribution in [2.75, 3.05) is 12.8 Å². The van der Waals surface area contributed by atoms with Gasteiger partial charge in [0.15, 0.2) is 5.76 Å². The van der Waals surface area contributed by atoms with Crippen LogP contribution in [0.4, 0.5) is 5.69 Å². The van der Waals surface area contributed by atoms with E-state index in [0.29, 0.717) is 28.6 Å². The van der Waals surface area contributed by atoms with Gasteiger partial charge in [-0.15, -0.1) is 0 Å². The van der Waals surface area contributed by atoms with Crippen LogP contribution in [0.15, 0.2) is 34.7 Å². The lowest BCUT2D eigenvalue weighted by atomic mass is 10.1. The maximum atomic E-state index is 12.1. The Balaban J connectivity index is 2.26. The molecule has 0 amide bonds. The Bertz CT molecular complexity index is 577. The lowest BCUT2D eigenvalue weighted by Gasteiger charge is -2.01. The molecule has 1 aromatic carbocycles. The van der Waals surface area contributed by atoms with Crippen LogP contribution in [0.2, 0.25) is 5.02 Å². The van der Waals surface area contributed by atoms with Gasteiger partial charge in [0.1, 0.15) is 12.4 Å². The molecule has 0 saturated carbocycles. The van der Waals surface area contributed by atoms with Crippen LogP contribution in [0.3, 0.4) is 0 Å². The number of anilines is 1. The number of furan rings is 1. The van der Waals surface area contributed by atoms with Crippen molar-refractivity contribution in [1.82, 2.24) is 0 Å². The van der Waals surface area contributed by atoms with E-state index in [0.717, 1.165) is 0 Å². The second-order valence-corrected chi connectivity index (χ2v) is 4.17. The normalized spacial score (nSPS) is 10.6. The molecule has 0 aliphatic carbocycles. The van der Waals surface area contributed by atoms with E-state index in [1.165, 1.54) is 6.07 Å². The summed E-state index contributed by atoms with van der Waals surface area (Å²) in [5, 5.41) is 0.351. The van der Waals surface area contributed by atoms with Crippen molar-refractivity contribution in [3.05, 3.63) is 52.4 Å². The average Bonchev–Trinajstić information content (AvgIpc) is 2.81. The Hall–Kier alpha value is -1.78. The predicted molar refractivity (Wildman–Crippen MR) is 68.7 cm³/mol. The average molecular weight is 266 g/mol. The van der Waals surface area contributed by atoms with Crippen molar-refractivity contribution in [2.45, 2.75) is 6.61 Å². The maximum Gasteiger partial charge on any atom is 0.228 e. The molecule has 2 aromatic rings. The molecular weight excluding hydrogens is 254 g/mol. The first kappa shape index (κ1) is 12.7. The topological polar surface area (TPSA) is 65.5 Å². The number of nitrogens with two attached hydrogens (primary N) is 1. The summed E-state index contributed by atoms with van der Waals surface area (Å²) in [5.74, 6) is 0.615. The van der Waals surface area contributed by atoms with Crippen LogP contribution < -0.4 is 5.73 Å². The third kappa shape index (κ3) is 2.55. The standard InChI is InChI=1S/C13H12ClNO3/c1-17-7-9-3-5-12(18-9)13(16)8-2-4-11(15)10(14)6-8/h2-6H,7,15H2,1H3. The van der Waals surface area contributed by atoms with Crippen molar-refractivity contribution < 1.29 is 13.9 Å². The van der Waals surface area contributed by atoms with E-state index in [1.54, 1.807) is 31.4 Å². The van der Waals surface area contributed by atoms with Crippen LogP contribution in [0, 0.1) is 0 Å². The summed E-state index contributed by atoms with van der Waals surface area (Å²) in [6.45, 7) is 0.329. The molecule has 2 N–H and O–H groups in total. The van der Waals surface area contributed by atoms with Gasteiger partial charge in [0, 0.05) is 12.7 Å². The largest absolute Gasteiger partial charge is 0.455 e. The minimum Gasteiger partial charge on any atom is -0.455 e. The summed E-state index contributed by atoms with van der Waals surface area (Å²) in [6, 6.07) is 8.05. The molecule has 0 radical (unpaired) electrons.